The number of fused-ring (bicyclic) bond motifs is 1. The molecular weight excluding hydrogens is 406 g/mol. The average molecular weight is 434 g/mol. The zero-order chi connectivity index (χ0) is 22.4. The maximum absolute atomic E-state index is 10.9. The smallest absolute Gasteiger partial charge is 0.341 e. The van der Waals surface area contributed by atoms with Gasteiger partial charge in [-0.1, -0.05) is 66.7 Å². The van der Waals surface area contributed by atoms with Crippen molar-refractivity contribution < 1.29 is 24.1 Å². The van der Waals surface area contributed by atoms with E-state index in [0.717, 1.165) is 16.8 Å². The van der Waals surface area contributed by atoms with Crippen LogP contribution in [0.4, 0.5) is 5.69 Å². The Morgan fingerprint density at radius 2 is 1.66 bits per heavy atom. The minimum atomic E-state index is -1.02. The Bertz CT molecular complexity index is 999. The number of ether oxygens (including phenoxy) is 3. The van der Waals surface area contributed by atoms with Crippen molar-refractivity contribution in [3.8, 4) is 11.5 Å². The van der Waals surface area contributed by atoms with Crippen molar-refractivity contribution in [2.45, 2.75) is 12.5 Å². The summed E-state index contributed by atoms with van der Waals surface area (Å²) in [5, 5.41) is 8.92. The molecule has 6 nitrogen and oxygen atoms in total. The third-order valence-corrected chi connectivity index (χ3v) is 5.66. The highest BCUT2D eigenvalue weighted by molar-refractivity contribution is 5.70. The third-order valence-electron chi connectivity index (χ3n) is 5.66. The Balaban J connectivity index is 1.50. The number of carbonyl (C=O) groups is 1. The van der Waals surface area contributed by atoms with Crippen LogP contribution in [0.25, 0.3) is 0 Å². The van der Waals surface area contributed by atoms with E-state index in [2.05, 4.69) is 36.1 Å². The van der Waals surface area contributed by atoms with Crippen LogP contribution in [0.1, 0.15) is 18.1 Å². The predicted octanol–water partition coefficient (Wildman–Crippen LogP) is 4.33. The van der Waals surface area contributed by atoms with Crippen molar-refractivity contribution >= 4 is 11.7 Å². The lowest BCUT2D eigenvalue weighted by Crippen LogP contribution is -2.37. The lowest BCUT2D eigenvalue weighted by Gasteiger charge is -2.35. The molecule has 6 heteroatoms. The van der Waals surface area contributed by atoms with Crippen LogP contribution in [0.5, 0.6) is 11.5 Å². The molecule has 4 rings (SSSR count). The molecule has 3 aromatic carbocycles. The second-order valence-electron chi connectivity index (χ2n) is 7.74. The van der Waals surface area contributed by atoms with Crippen LogP contribution >= 0.6 is 0 Å². The van der Waals surface area contributed by atoms with E-state index in [1.807, 2.05) is 48.5 Å². The zero-order valence-corrected chi connectivity index (χ0v) is 18.1. The van der Waals surface area contributed by atoms with Crippen LogP contribution in [-0.4, -0.2) is 44.0 Å². The average Bonchev–Trinajstić information content (AvgIpc) is 2.84. The molecule has 0 fully saturated rings. The predicted molar refractivity (Wildman–Crippen MR) is 123 cm³/mol. The van der Waals surface area contributed by atoms with E-state index in [1.165, 1.54) is 0 Å². The van der Waals surface area contributed by atoms with Crippen molar-refractivity contribution in [2.24, 2.45) is 0 Å². The van der Waals surface area contributed by atoms with Crippen LogP contribution in [-0.2, 0) is 15.1 Å². The first-order chi connectivity index (χ1) is 15.6. The van der Waals surface area contributed by atoms with Crippen LogP contribution < -0.4 is 14.4 Å². The van der Waals surface area contributed by atoms with Gasteiger partial charge in [-0.3, -0.25) is 0 Å². The second kappa shape index (κ2) is 9.75. The molecule has 0 aliphatic carbocycles. The van der Waals surface area contributed by atoms with Gasteiger partial charge in [0.1, 0.15) is 12.2 Å². The molecule has 0 spiro atoms. The number of carboxylic acid groups (broad SMARTS) is 1. The minimum absolute atomic E-state index is 0.407. The van der Waals surface area contributed by atoms with Crippen LogP contribution in [0.15, 0.2) is 78.9 Å². The molecule has 0 amide bonds. The Morgan fingerprint density at radius 1 is 1.00 bits per heavy atom. The molecule has 3 aromatic rings. The quantitative estimate of drug-likeness (QED) is 0.542. The number of hydrogen-bond donors (Lipinski definition) is 1. The molecule has 0 radical (unpaired) electrons. The van der Waals surface area contributed by atoms with Gasteiger partial charge < -0.3 is 24.2 Å². The van der Waals surface area contributed by atoms with Crippen LogP contribution in [0.3, 0.4) is 0 Å². The molecule has 0 bridgehead atoms. The van der Waals surface area contributed by atoms with E-state index in [0.29, 0.717) is 37.8 Å². The number of nitrogens with zero attached hydrogens (tertiary/aromatic N) is 1. The molecule has 1 aliphatic rings. The van der Waals surface area contributed by atoms with Crippen LogP contribution in [0.2, 0.25) is 0 Å². The lowest BCUT2D eigenvalue weighted by molar-refractivity contribution is -0.139. The molecule has 0 saturated carbocycles. The fourth-order valence-electron chi connectivity index (χ4n) is 3.97. The number of para-hydroxylation sites is 1. The van der Waals surface area contributed by atoms with Gasteiger partial charge in [0.15, 0.2) is 18.1 Å². The first-order valence-electron chi connectivity index (χ1n) is 10.7. The summed E-state index contributed by atoms with van der Waals surface area (Å²) in [6, 6.07) is 26.0. The van der Waals surface area contributed by atoms with Crippen molar-refractivity contribution in [3.63, 3.8) is 0 Å². The normalized spacial score (nSPS) is 13.2. The molecule has 0 saturated heterocycles. The molecule has 1 aliphatic heterocycles. The number of anilines is 1. The topological polar surface area (TPSA) is 68.2 Å². The van der Waals surface area contributed by atoms with Gasteiger partial charge in [0, 0.05) is 6.54 Å². The van der Waals surface area contributed by atoms with Gasteiger partial charge in [-0.05, 0) is 30.2 Å². The third kappa shape index (κ3) is 4.70. The van der Waals surface area contributed by atoms with Gasteiger partial charge in [0.25, 0.3) is 0 Å². The minimum Gasteiger partial charge on any atom is -0.486 e. The summed E-state index contributed by atoms with van der Waals surface area (Å²) in [4.78, 5) is 13.1. The summed E-state index contributed by atoms with van der Waals surface area (Å²) >= 11 is 0. The molecule has 0 aromatic heterocycles. The fourth-order valence-corrected chi connectivity index (χ4v) is 3.97. The summed E-state index contributed by atoms with van der Waals surface area (Å²) < 4.78 is 17.7. The van der Waals surface area contributed by atoms with Crippen molar-refractivity contribution in [1.82, 2.24) is 0 Å². The largest absolute Gasteiger partial charge is 0.486 e. The Labute approximate surface area is 188 Å². The Morgan fingerprint density at radius 3 is 2.28 bits per heavy atom. The summed E-state index contributed by atoms with van der Waals surface area (Å²) in [7, 11) is 0. The summed E-state index contributed by atoms with van der Waals surface area (Å²) in [6.07, 6.45) is 0. The number of aliphatic carboxylic acids is 1. The summed E-state index contributed by atoms with van der Waals surface area (Å²) in [5.74, 6) is -0.00686. The SMILES string of the molecule is CC(OCCN1CCOc2c(OCC(=O)O)cccc21)(c1ccccc1)c1ccccc1. The first-order valence-corrected chi connectivity index (χ1v) is 10.7. The van der Waals surface area contributed by atoms with Crippen LogP contribution in [0, 0.1) is 0 Å². The molecule has 32 heavy (non-hydrogen) atoms. The standard InChI is InChI=1S/C26H27NO5/c1-26(20-9-4-2-5-10-20,21-11-6-3-7-12-21)32-18-16-27-15-17-30-25-22(27)13-8-14-23(25)31-19-24(28)29/h2-14H,15-19H2,1H3,(H,28,29). The monoisotopic (exact) mass is 433 g/mol. The van der Waals surface area contributed by atoms with E-state index >= 15 is 0 Å². The van der Waals surface area contributed by atoms with E-state index in [-0.39, 0.29) is 0 Å². The van der Waals surface area contributed by atoms with Crippen molar-refractivity contribution in [2.75, 3.05) is 37.8 Å². The van der Waals surface area contributed by atoms with Gasteiger partial charge in [0.05, 0.1) is 18.8 Å². The lowest BCUT2D eigenvalue weighted by atomic mass is 9.88. The van der Waals surface area contributed by atoms with E-state index in [4.69, 9.17) is 19.3 Å². The van der Waals surface area contributed by atoms with Crippen molar-refractivity contribution in [1.29, 1.82) is 0 Å². The summed E-state index contributed by atoms with van der Waals surface area (Å²) in [6.45, 7) is 4.06. The fraction of sp³-hybridized carbons (Fsp3) is 0.269. The summed E-state index contributed by atoms with van der Waals surface area (Å²) in [5.41, 5.74) is 2.49. The van der Waals surface area contributed by atoms with E-state index < -0.39 is 18.2 Å². The maximum Gasteiger partial charge on any atom is 0.341 e. The van der Waals surface area contributed by atoms with Crippen molar-refractivity contribution in [3.05, 3.63) is 90.0 Å². The Kier molecular flexibility index (Phi) is 6.61. The van der Waals surface area contributed by atoms with E-state index in [1.54, 1.807) is 6.07 Å². The molecule has 0 atom stereocenters. The highest BCUT2D eigenvalue weighted by Gasteiger charge is 2.30. The van der Waals surface area contributed by atoms with Gasteiger partial charge in [0.2, 0.25) is 0 Å². The molecule has 1 heterocycles. The number of benzene rings is 3. The van der Waals surface area contributed by atoms with Gasteiger partial charge in [-0.25, -0.2) is 4.79 Å². The molecule has 1 N–H and O–H groups in total. The van der Waals surface area contributed by atoms with Gasteiger partial charge >= 0.3 is 5.97 Å². The Hall–Kier alpha value is -3.51. The highest BCUT2D eigenvalue weighted by atomic mass is 16.5. The molecule has 0 unspecified atom stereocenters. The van der Waals surface area contributed by atoms with Gasteiger partial charge in [-0.15, -0.1) is 0 Å². The molecule has 166 valence electrons. The highest BCUT2D eigenvalue weighted by Crippen LogP contribution is 2.40. The maximum atomic E-state index is 10.9. The van der Waals surface area contributed by atoms with E-state index in [9.17, 15) is 4.79 Å². The number of carboxylic acids is 1. The zero-order valence-electron chi connectivity index (χ0n) is 18.1. The first kappa shape index (κ1) is 21.7. The number of rotatable bonds is 9. The van der Waals surface area contributed by atoms with Gasteiger partial charge in [-0.2, -0.15) is 0 Å². The second-order valence-corrected chi connectivity index (χ2v) is 7.74. The number of hydrogen-bond acceptors (Lipinski definition) is 5. The molecular formula is C26H27NO5.